The van der Waals surface area contributed by atoms with Gasteiger partial charge in [-0.05, 0) is 17.7 Å². The van der Waals surface area contributed by atoms with Crippen molar-refractivity contribution in [2.24, 2.45) is 0 Å². The number of anilines is 1. The molecule has 166 valence electrons. The minimum Gasteiger partial charge on any atom is -0.325 e. The molecule has 0 spiro atoms. The molecule has 1 aromatic heterocycles. The summed E-state index contributed by atoms with van der Waals surface area (Å²) in [4.78, 5) is 27.7. The van der Waals surface area contributed by atoms with E-state index in [-0.39, 0.29) is 17.3 Å². The molecular formula is C26H18N4O3S. The third-order valence-corrected chi connectivity index (χ3v) is 5.91. The molecule has 4 aromatic rings. The van der Waals surface area contributed by atoms with Crippen LogP contribution >= 0.6 is 11.8 Å². The predicted octanol–water partition coefficient (Wildman–Crippen LogP) is 5.93. The number of pyridine rings is 1. The zero-order valence-electron chi connectivity index (χ0n) is 17.8. The van der Waals surface area contributed by atoms with E-state index >= 15 is 0 Å². The molecule has 1 heterocycles. The first-order valence-corrected chi connectivity index (χ1v) is 11.3. The number of thioether (sulfide) groups is 1. The summed E-state index contributed by atoms with van der Waals surface area (Å²) in [6.07, 6.45) is 0. The monoisotopic (exact) mass is 466 g/mol. The molecule has 34 heavy (non-hydrogen) atoms. The Morgan fingerprint density at radius 2 is 1.65 bits per heavy atom. The maximum Gasteiger partial charge on any atom is 0.271 e. The molecule has 0 saturated heterocycles. The van der Waals surface area contributed by atoms with E-state index < -0.39 is 4.92 Å². The van der Waals surface area contributed by atoms with Crippen LogP contribution in [-0.4, -0.2) is 21.6 Å². The van der Waals surface area contributed by atoms with Crippen molar-refractivity contribution in [1.29, 1.82) is 5.26 Å². The fraction of sp³-hybridized carbons (Fsp3) is 0.0385. The number of hydrogen-bond acceptors (Lipinski definition) is 6. The summed E-state index contributed by atoms with van der Waals surface area (Å²) >= 11 is 1.15. The highest BCUT2D eigenvalue weighted by Crippen LogP contribution is 2.34. The Kier molecular flexibility index (Phi) is 6.96. The van der Waals surface area contributed by atoms with Crippen molar-refractivity contribution < 1.29 is 9.72 Å². The number of nitro benzene ring substituents is 1. The largest absolute Gasteiger partial charge is 0.325 e. The predicted molar refractivity (Wildman–Crippen MR) is 132 cm³/mol. The van der Waals surface area contributed by atoms with Gasteiger partial charge in [-0.1, -0.05) is 78.5 Å². The third kappa shape index (κ3) is 5.28. The van der Waals surface area contributed by atoms with Crippen LogP contribution in [0, 0.1) is 21.4 Å². The molecule has 0 aliphatic rings. The van der Waals surface area contributed by atoms with Crippen LogP contribution in [0.5, 0.6) is 0 Å². The third-order valence-electron chi connectivity index (χ3n) is 4.93. The zero-order chi connectivity index (χ0) is 23.9. The second kappa shape index (κ2) is 10.4. The van der Waals surface area contributed by atoms with E-state index in [0.717, 1.165) is 28.5 Å². The Morgan fingerprint density at radius 3 is 2.29 bits per heavy atom. The van der Waals surface area contributed by atoms with Crippen molar-refractivity contribution in [3.8, 4) is 28.5 Å². The van der Waals surface area contributed by atoms with Gasteiger partial charge in [0.1, 0.15) is 11.1 Å². The van der Waals surface area contributed by atoms with Crippen LogP contribution in [0.1, 0.15) is 5.56 Å². The van der Waals surface area contributed by atoms with Crippen molar-refractivity contribution >= 4 is 29.0 Å². The minimum atomic E-state index is -0.520. The van der Waals surface area contributed by atoms with E-state index in [2.05, 4.69) is 16.4 Å². The molecule has 0 radical (unpaired) electrons. The Bertz CT molecular complexity index is 1390. The fourth-order valence-electron chi connectivity index (χ4n) is 3.36. The molecule has 7 nitrogen and oxygen atoms in total. The molecule has 4 rings (SSSR count). The average Bonchev–Trinajstić information content (AvgIpc) is 2.88. The minimum absolute atomic E-state index is 0.0170. The lowest BCUT2D eigenvalue weighted by molar-refractivity contribution is -0.384. The number of amides is 1. The number of carbonyl (C=O) groups excluding carboxylic acids is 1. The highest BCUT2D eigenvalue weighted by molar-refractivity contribution is 8.00. The van der Waals surface area contributed by atoms with Crippen molar-refractivity contribution in [3.05, 3.63) is 107 Å². The number of nitrogens with one attached hydrogen (secondary N) is 1. The lowest BCUT2D eigenvalue weighted by Crippen LogP contribution is -2.14. The van der Waals surface area contributed by atoms with E-state index in [9.17, 15) is 20.2 Å². The molecule has 0 fully saturated rings. The molecule has 1 N–H and O–H groups in total. The number of rotatable bonds is 7. The molecule has 0 aliphatic heterocycles. The van der Waals surface area contributed by atoms with Crippen molar-refractivity contribution in [3.63, 3.8) is 0 Å². The first-order chi connectivity index (χ1) is 16.5. The highest BCUT2D eigenvalue weighted by Gasteiger charge is 2.17. The van der Waals surface area contributed by atoms with Crippen LogP contribution in [0.25, 0.3) is 22.4 Å². The van der Waals surface area contributed by atoms with Crippen LogP contribution in [-0.2, 0) is 4.79 Å². The molecule has 0 unspecified atom stereocenters. The van der Waals surface area contributed by atoms with E-state index in [1.807, 2.05) is 66.7 Å². The van der Waals surface area contributed by atoms with Gasteiger partial charge in [0.2, 0.25) is 5.91 Å². The van der Waals surface area contributed by atoms with Gasteiger partial charge >= 0.3 is 0 Å². The molecule has 8 heteroatoms. The van der Waals surface area contributed by atoms with Crippen LogP contribution in [0.15, 0.2) is 96.0 Å². The van der Waals surface area contributed by atoms with Gasteiger partial charge in [-0.15, -0.1) is 0 Å². The van der Waals surface area contributed by atoms with Gasteiger partial charge < -0.3 is 5.32 Å². The van der Waals surface area contributed by atoms with E-state index in [1.165, 1.54) is 18.2 Å². The Balaban J connectivity index is 1.64. The summed E-state index contributed by atoms with van der Waals surface area (Å²) in [5.41, 5.74) is 3.81. The van der Waals surface area contributed by atoms with Gasteiger partial charge in [-0.25, -0.2) is 4.98 Å². The van der Waals surface area contributed by atoms with Crippen LogP contribution < -0.4 is 5.32 Å². The number of nitriles is 1. The Labute approximate surface area is 200 Å². The number of non-ortho nitro benzene ring substituents is 1. The highest BCUT2D eigenvalue weighted by atomic mass is 32.2. The smallest absolute Gasteiger partial charge is 0.271 e. The quantitative estimate of drug-likeness (QED) is 0.205. The Morgan fingerprint density at radius 1 is 0.971 bits per heavy atom. The summed E-state index contributed by atoms with van der Waals surface area (Å²) in [5.74, 6) is -0.376. The normalized spacial score (nSPS) is 10.3. The lowest BCUT2D eigenvalue weighted by Gasteiger charge is -2.12. The zero-order valence-corrected chi connectivity index (χ0v) is 18.7. The summed E-state index contributed by atoms with van der Waals surface area (Å²) in [5, 5.41) is 24.0. The summed E-state index contributed by atoms with van der Waals surface area (Å²) < 4.78 is 0. The first-order valence-electron chi connectivity index (χ1n) is 10.3. The molecule has 0 saturated carbocycles. The van der Waals surface area contributed by atoms with Gasteiger partial charge in [0.25, 0.3) is 5.69 Å². The topological polar surface area (TPSA) is 109 Å². The first kappa shape index (κ1) is 22.7. The molecule has 3 aromatic carbocycles. The van der Waals surface area contributed by atoms with Crippen LogP contribution in [0.4, 0.5) is 11.4 Å². The lowest BCUT2D eigenvalue weighted by atomic mass is 9.99. The van der Waals surface area contributed by atoms with Gasteiger partial charge in [0.05, 0.1) is 21.9 Å². The summed E-state index contributed by atoms with van der Waals surface area (Å²) in [7, 11) is 0. The molecule has 0 aliphatic carbocycles. The molecule has 0 atom stereocenters. The number of nitrogens with zero attached hydrogens (tertiary/aromatic N) is 3. The SMILES string of the molecule is N#Cc1c(-c2ccccc2)cc(-c2ccccc2)nc1SCC(=O)Nc1cccc([N+](=O)[O-])c1. The number of nitro groups is 1. The van der Waals surface area contributed by atoms with Gasteiger partial charge in [0.15, 0.2) is 0 Å². The number of carbonyl (C=O) groups is 1. The molecular weight excluding hydrogens is 448 g/mol. The van der Waals surface area contributed by atoms with Crippen LogP contribution in [0.2, 0.25) is 0 Å². The standard InChI is InChI=1S/C26H18N4O3S/c27-16-23-22(18-8-3-1-4-9-18)15-24(19-10-5-2-6-11-19)29-26(23)34-17-25(31)28-20-12-7-13-21(14-20)30(32)33/h1-15H,17H2,(H,28,31). The maximum atomic E-state index is 12.6. The number of aromatic nitrogens is 1. The van der Waals surface area contributed by atoms with Crippen molar-refractivity contribution in [1.82, 2.24) is 4.98 Å². The number of benzene rings is 3. The van der Waals surface area contributed by atoms with Crippen molar-refractivity contribution in [2.45, 2.75) is 5.03 Å². The van der Waals surface area contributed by atoms with Crippen LogP contribution in [0.3, 0.4) is 0 Å². The summed E-state index contributed by atoms with van der Waals surface area (Å²) in [6.45, 7) is 0. The van der Waals surface area contributed by atoms with Gasteiger partial charge in [-0.3, -0.25) is 14.9 Å². The fourth-order valence-corrected chi connectivity index (χ4v) is 4.17. The second-order valence-corrected chi connectivity index (χ2v) is 8.19. The van der Waals surface area contributed by atoms with E-state index in [0.29, 0.717) is 22.0 Å². The van der Waals surface area contributed by atoms with E-state index in [4.69, 9.17) is 0 Å². The van der Waals surface area contributed by atoms with Crippen molar-refractivity contribution in [2.75, 3.05) is 11.1 Å². The van der Waals surface area contributed by atoms with E-state index in [1.54, 1.807) is 6.07 Å². The second-order valence-electron chi connectivity index (χ2n) is 7.22. The molecule has 1 amide bonds. The average molecular weight is 467 g/mol. The Hall–Kier alpha value is -4.48. The van der Waals surface area contributed by atoms with Gasteiger partial charge in [-0.2, -0.15) is 5.26 Å². The maximum absolute atomic E-state index is 12.6. The summed E-state index contributed by atoms with van der Waals surface area (Å²) in [6, 6.07) is 29.0. The molecule has 0 bridgehead atoms. The van der Waals surface area contributed by atoms with Gasteiger partial charge in [0, 0.05) is 28.9 Å². The number of hydrogen-bond donors (Lipinski definition) is 1.